The molecule has 0 amide bonds. The summed E-state index contributed by atoms with van der Waals surface area (Å²) < 4.78 is 1.79. The lowest BCUT2D eigenvalue weighted by molar-refractivity contribution is -0.138. The minimum absolute atomic E-state index is 0.0650. The van der Waals surface area contributed by atoms with Crippen molar-refractivity contribution in [2.75, 3.05) is 33.2 Å². The van der Waals surface area contributed by atoms with Crippen LogP contribution in [-0.4, -0.2) is 63.9 Å². The lowest BCUT2D eigenvalue weighted by Crippen LogP contribution is -2.46. The molecule has 1 N–H and O–H groups in total. The highest BCUT2D eigenvalue weighted by atomic mass is 16.4. The molecule has 20 heavy (non-hydrogen) atoms. The van der Waals surface area contributed by atoms with Crippen LogP contribution in [-0.2, 0) is 18.3 Å². The zero-order valence-electron chi connectivity index (χ0n) is 12.5. The number of piperazine rings is 1. The van der Waals surface area contributed by atoms with Gasteiger partial charge >= 0.3 is 5.97 Å². The summed E-state index contributed by atoms with van der Waals surface area (Å²) in [6.07, 6.45) is 2.95. The Labute approximate surface area is 120 Å². The zero-order valence-corrected chi connectivity index (χ0v) is 12.5. The molecule has 1 aromatic heterocycles. The SMILES string of the molecule is CCc1nn(C)cc1C(CC(=O)O)N1CCN(C)CC1. The van der Waals surface area contributed by atoms with Crippen molar-refractivity contribution >= 4 is 5.97 Å². The van der Waals surface area contributed by atoms with E-state index >= 15 is 0 Å². The third-order valence-corrected chi connectivity index (χ3v) is 3.98. The van der Waals surface area contributed by atoms with Gasteiger partial charge in [0, 0.05) is 51.0 Å². The standard InChI is InChI=1S/C14H24N4O2/c1-4-12-11(10-17(3)15-12)13(9-14(19)20)18-7-5-16(2)6-8-18/h10,13H,4-9H2,1-3H3,(H,19,20). The van der Waals surface area contributed by atoms with E-state index in [1.165, 1.54) is 0 Å². The maximum atomic E-state index is 11.2. The van der Waals surface area contributed by atoms with Crippen molar-refractivity contribution in [2.24, 2.45) is 7.05 Å². The molecule has 6 nitrogen and oxygen atoms in total. The molecule has 1 fully saturated rings. The molecule has 1 aromatic rings. The van der Waals surface area contributed by atoms with Crippen LogP contribution in [0.25, 0.3) is 0 Å². The van der Waals surface area contributed by atoms with Crippen molar-refractivity contribution in [3.8, 4) is 0 Å². The molecule has 1 unspecified atom stereocenters. The van der Waals surface area contributed by atoms with Crippen LogP contribution in [0.3, 0.4) is 0 Å². The maximum absolute atomic E-state index is 11.2. The van der Waals surface area contributed by atoms with Gasteiger partial charge in [-0.1, -0.05) is 6.92 Å². The third kappa shape index (κ3) is 3.37. The highest BCUT2D eigenvalue weighted by Gasteiger charge is 2.28. The molecule has 2 heterocycles. The van der Waals surface area contributed by atoms with Gasteiger partial charge in [0.25, 0.3) is 0 Å². The number of likely N-dealkylation sites (N-methyl/N-ethyl adjacent to an activating group) is 1. The van der Waals surface area contributed by atoms with E-state index in [1.807, 2.05) is 13.2 Å². The van der Waals surface area contributed by atoms with E-state index in [4.69, 9.17) is 0 Å². The molecule has 6 heteroatoms. The van der Waals surface area contributed by atoms with Gasteiger partial charge in [-0.25, -0.2) is 0 Å². The molecule has 0 spiro atoms. The molecule has 112 valence electrons. The molecule has 0 radical (unpaired) electrons. The quantitative estimate of drug-likeness (QED) is 0.862. The molecule has 1 atom stereocenters. The van der Waals surface area contributed by atoms with Gasteiger partial charge in [-0.15, -0.1) is 0 Å². The average molecular weight is 280 g/mol. The average Bonchev–Trinajstić information content (AvgIpc) is 2.78. The number of aliphatic carboxylic acids is 1. The van der Waals surface area contributed by atoms with E-state index in [1.54, 1.807) is 4.68 Å². The van der Waals surface area contributed by atoms with Crippen LogP contribution in [0.4, 0.5) is 0 Å². The summed E-state index contributed by atoms with van der Waals surface area (Å²) >= 11 is 0. The molecule has 0 aliphatic carbocycles. The van der Waals surface area contributed by atoms with Crippen LogP contribution in [0.5, 0.6) is 0 Å². The molecule has 2 rings (SSSR count). The Kier molecular flexibility index (Phi) is 4.77. The predicted octanol–water partition coefficient (Wildman–Crippen LogP) is 0.746. The van der Waals surface area contributed by atoms with E-state index in [9.17, 15) is 9.90 Å². The Morgan fingerprint density at radius 2 is 2.00 bits per heavy atom. The highest BCUT2D eigenvalue weighted by Crippen LogP contribution is 2.28. The second-order valence-electron chi connectivity index (χ2n) is 5.51. The molecular weight excluding hydrogens is 256 g/mol. The van der Waals surface area contributed by atoms with E-state index in [0.717, 1.165) is 43.9 Å². The number of aromatic nitrogens is 2. The number of rotatable bonds is 5. The first-order chi connectivity index (χ1) is 9.51. The summed E-state index contributed by atoms with van der Waals surface area (Å²) in [4.78, 5) is 15.8. The number of aryl methyl sites for hydroxylation is 2. The number of carboxylic acids is 1. The predicted molar refractivity (Wildman–Crippen MR) is 76.6 cm³/mol. The Balaban J connectivity index is 2.24. The van der Waals surface area contributed by atoms with Crippen molar-refractivity contribution in [1.29, 1.82) is 0 Å². The monoisotopic (exact) mass is 280 g/mol. The van der Waals surface area contributed by atoms with Gasteiger partial charge in [0.05, 0.1) is 12.1 Å². The fourth-order valence-electron chi connectivity index (χ4n) is 2.84. The van der Waals surface area contributed by atoms with Gasteiger partial charge in [0.1, 0.15) is 0 Å². The van der Waals surface area contributed by atoms with Crippen molar-refractivity contribution in [3.63, 3.8) is 0 Å². The summed E-state index contributed by atoms with van der Waals surface area (Å²) in [7, 11) is 4.00. The van der Waals surface area contributed by atoms with Crippen LogP contribution in [0.1, 0.15) is 30.6 Å². The van der Waals surface area contributed by atoms with Crippen molar-refractivity contribution in [1.82, 2.24) is 19.6 Å². The number of hydrogen-bond acceptors (Lipinski definition) is 4. The summed E-state index contributed by atoms with van der Waals surface area (Å²) in [6, 6.07) is -0.0650. The summed E-state index contributed by atoms with van der Waals surface area (Å²) in [6.45, 7) is 5.85. The first kappa shape index (κ1) is 15.0. The number of carboxylic acid groups (broad SMARTS) is 1. The van der Waals surface area contributed by atoms with Gasteiger partial charge in [-0.3, -0.25) is 14.4 Å². The second kappa shape index (κ2) is 6.37. The molecule has 0 bridgehead atoms. The van der Waals surface area contributed by atoms with Gasteiger partial charge in [0.2, 0.25) is 0 Å². The fraction of sp³-hybridized carbons (Fsp3) is 0.714. The van der Waals surface area contributed by atoms with Gasteiger partial charge in [0.15, 0.2) is 0 Å². The maximum Gasteiger partial charge on any atom is 0.305 e. The van der Waals surface area contributed by atoms with Gasteiger partial charge in [-0.2, -0.15) is 5.10 Å². The molecule has 1 saturated heterocycles. The van der Waals surface area contributed by atoms with Crippen molar-refractivity contribution in [3.05, 3.63) is 17.5 Å². The van der Waals surface area contributed by atoms with E-state index in [2.05, 4.69) is 28.9 Å². The Morgan fingerprint density at radius 3 is 2.55 bits per heavy atom. The van der Waals surface area contributed by atoms with Crippen LogP contribution in [0, 0.1) is 0 Å². The fourth-order valence-corrected chi connectivity index (χ4v) is 2.84. The first-order valence-corrected chi connectivity index (χ1v) is 7.18. The summed E-state index contributed by atoms with van der Waals surface area (Å²) in [5.74, 6) is -0.750. The van der Waals surface area contributed by atoms with E-state index in [-0.39, 0.29) is 12.5 Å². The largest absolute Gasteiger partial charge is 0.481 e. The van der Waals surface area contributed by atoms with Crippen LogP contribution in [0.15, 0.2) is 6.20 Å². The van der Waals surface area contributed by atoms with Crippen molar-refractivity contribution < 1.29 is 9.90 Å². The molecule has 0 aromatic carbocycles. The molecule has 0 saturated carbocycles. The van der Waals surface area contributed by atoms with Crippen LogP contribution in [0.2, 0.25) is 0 Å². The van der Waals surface area contributed by atoms with Crippen molar-refractivity contribution in [2.45, 2.75) is 25.8 Å². The lowest BCUT2D eigenvalue weighted by Gasteiger charge is -2.37. The first-order valence-electron chi connectivity index (χ1n) is 7.18. The minimum atomic E-state index is -0.750. The second-order valence-corrected chi connectivity index (χ2v) is 5.51. The summed E-state index contributed by atoms with van der Waals surface area (Å²) in [5.41, 5.74) is 2.08. The molecular formula is C14H24N4O2. The molecule has 1 aliphatic heterocycles. The van der Waals surface area contributed by atoms with Gasteiger partial charge < -0.3 is 10.0 Å². The van der Waals surface area contributed by atoms with E-state index in [0.29, 0.717) is 0 Å². The summed E-state index contributed by atoms with van der Waals surface area (Å²) in [5, 5.41) is 13.7. The highest BCUT2D eigenvalue weighted by molar-refractivity contribution is 5.68. The lowest BCUT2D eigenvalue weighted by atomic mass is 10.0. The number of nitrogens with zero attached hydrogens (tertiary/aromatic N) is 4. The minimum Gasteiger partial charge on any atom is -0.481 e. The van der Waals surface area contributed by atoms with E-state index < -0.39 is 5.97 Å². The number of hydrogen-bond donors (Lipinski definition) is 1. The topological polar surface area (TPSA) is 61.6 Å². The van der Waals surface area contributed by atoms with Gasteiger partial charge in [-0.05, 0) is 13.5 Å². The Morgan fingerprint density at radius 1 is 1.35 bits per heavy atom. The number of carbonyl (C=O) groups is 1. The van der Waals surface area contributed by atoms with Crippen LogP contribution >= 0.6 is 0 Å². The normalized spacial score (nSPS) is 19.1. The smallest absolute Gasteiger partial charge is 0.305 e. The Hall–Kier alpha value is -1.40. The molecule has 1 aliphatic rings. The third-order valence-electron chi connectivity index (χ3n) is 3.98. The Bertz CT molecular complexity index is 464. The zero-order chi connectivity index (χ0) is 14.7. The van der Waals surface area contributed by atoms with Crippen LogP contribution < -0.4 is 0 Å².